The second-order valence-corrected chi connectivity index (χ2v) is 9.37. The number of benzene rings is 1. The third-order valence-electron chi connectivity index (χ3n) is 4.68. The van der Waals surface area contributed by atoms with E-state index in [2.05, 4.69) is 44.8 Å². The van der Waals surface area contributed by atoms with Gasteiger partial charge in [-0.2, -0.15) is 0 Å². The molecule has 0 spiro atoms. The maximum atomic E-state index is 11.3. The van der Waals surface area contributed by atoms with E-state index in [9.17, 15) is 8.42 Å². The van der Waals surface area contributed by atoms with Gasteiger partial charge in [0.2, 0.25) is 0 Å². The van der Waals surface area contributed by atoms with E-state index < -0.39 is 9.84 Å². The molecule has 0 amide bonds. The van der Waals surface area contributed by atoms with Crippen LogP contribution in [-0.4, -0.2) is 64.0 Å². The fourth-order valence-corrected chi connectivity index (χ4v) is 3.93. The zero-order valence-electron chi connectivity index (χ0n) is 16.2. The van der Waals surface area contributed by atoms with Crippen molar-refractivity contribution in [3.8, 4) is 0 Å². The Hall–Kier alpha value is -1.60. The molecule has 6 nitrogen and oxygen atoms in total. The monoisotopic (exact) mass is 380 g/mol. The predicted molar refractivity (Wildman–Crippen MR) is 108 cm³/mol. The minimum atomic E-state index is -2.92. The molecule has 1 heterocycles. The Labute approximate surface area is 158 Å². The molecule has 0 radical (unpaired) electrons. The molecule has 0 aromatic heterocycles. The zero-order chi connectivity index (χ0) is 19.0. The molecule has 1 unspecified atom stereocenters. The van der Waals surface area contributed by atoms with E-state index in [0.717, 1.165) is 45.0 Å². The highest BCUT2D eigenvalue weighted by molar-refractivity contribution is 7.90. The average Bonchev–Trinajstić information content (AvgIpc) is 2.61. The van der Waals surface area contributed by atoms with Gasteiger partial charge < -0.3 is 10.6 Å². The van der Waals surface area contributed by atoms with Crippen LogP contribution >= 0.6 is 0 Å². The number of rotatable bonds is 8. The maximum Gasteiger partial charge on any atom is 0.191 e. The summed E-state index contributed by atoms with van der Waals surface area (Å²) in [7, 11) is -1.19. The van der Waals surface area contributed by atoms with Gasteiger partial charge in [-0.3, -0.25) is 9.89 Å². The van der Waals surface area contributed by atoms with Crippen molar-refractivity contribution in [3.63, 3.8) is 0 Å². The summed E-state index contributed by atoms with van der Waals surface area (Å²) in [6.07, 6.45) is 4.02. The molecule has 1 aliphatic heterocycles. The van der Waals surface area contributed by atoms with Crippen molar-refractivity contribution in [2.24, 2.45) is 4.99 Å². The number of nitrogens with zero attached hydrogens (tertiary/aromatic N) is 2. The summed E-state index contributed by atoms with van der Waals surface area (Å²) in [5.74, 6) is 0.921. The van der Waals surface area contributed by atoms with Crippen molar-refractivity contribution in [1.82, 2.24) is 15.5 Å². The summed E-state index contributed by atoms with van der Waals surface area (Å²) >= 11 is 0. The van der Waals surface area contributed by atoms with Gasteiger partial charge in [0, 0.05) is 45.5 Å². The van der Waals surface area contributed by atoms with Gasteiger partial charge in [-0.05, 0) is 37.3 Å². The molecule has 1 aromatic carbocycles. The molecule has 2 rings (SSSR count). The Morgan fingerprint density at radius 2 is 2.04 bits per heavy atom. The van der Waals surface area contributed by atoms with Crippen LogP contribution < -0.4 is 10.6 Å². The maximum absolute atomic E-state index is 11.3. The molecular formula is C19H32N4O2S. The summed E-state index contributed by atoms with van der Waals surface area (Å²) in [6, 6.07) is 8.76. The number of fused-ring (bicyclic) bond motifs is 1. The molecule has 26 heavy (non-hydrogen) atoms. The minimum Gasteiger partial charge on any atom is -0.356 e. The SMILES string of the molecule is CN=C(NCCCN1CCc2ccccc2C1)NC(C)CCS(C)(=O)=O. The standard InChI is InChI=1S/C19H32N4O2S/c1-16(10-14-26(3,24)25)22-19(20-2)21-11-6-12-23-13-9-17-7-4-5-8-18(17)15-23/h4-5,7-8,16H,6,9-15H2,1-3H3,(H2,20,21,22). The quantitative estimate of drug-likeness (QED) is 0.405. The van der Waals surface area contributed by atoms with E-state index in [1.54, 1.807) is 7.05 Å². The highest BCUT2D eigenvalue weighted by atomic mass is 32.2. The molecule has 146 valence electrons. The van der Waals surface area contributed by atoms with E-state index in [4.69, 9.17) is 0 Å². The lowest BCUT2D eigenvalue weighted by atomic mass is 10.00. The van der Waals surface area contributed by atoms with Crippen LogP contribution in [0.2, 0.25) is 0 Å². The van der Waals surface area contributed by atoms with Gasteiger partial charge in [-0.25, -0.2) is 8.42 Å². The Bertz CT molecular complexity index is 703. The first-order valence-electron chi connectivity index (χ1n) is 9.31. The molecule has 1 aliphatic rings. The van der Waals surface area contributed by atoms with Crippen molar-refractivity contribution in [2.45, 2.75) is 38.8 Å². The van der Waals surface area contributed by atoms with Gasteiger partial charge in [0.05, 0.1) is 5.75 Å². The van der Waals surface area contributed by atoms with Crippen LogP contribution in [0.3, 0.4) is 0 Å². The third-order valence-corrected chi connectivity index (χ3v) is 5.66. The van der Waals surface area contributed by atoms with Crippen molar-refractivity contribution in [1.29, 1.82) is 0 Å². The van der Waals surface area contributed by atoms with Crippen molar-refractivity contribution >= 4 is 15.8 Å². The minimum absolute atomic E-state index is 0.0644. The molecule has 1 atom stereocenters. The van der Waals surface area contributed by atoms with Gasteiger partial charge >= 0.3 is 0 Å². The van der Waals surface area contributed by atoms with E-state index in [1.807, 2.05) is 6.92 Å². The average molecular weight is 381 g/mol. The van der Waals surface area contributed by atoms with Gasteiger partial charge in [0.25, 0.3) is 0 Å². The van der Waals surface area contributed by atoms with Crippen LogP contribution in [0.5, 0.6) is 0 Å². The van der Waals surface area contributed by atoms with E-state index in [-0.39, 0.29) is 11.8 Å². The molecule has 2 N–H and O–H groups in total. The molecule has 1 aromatic rings. The first kappa shape index (κ1) is 20.7. The number of nitrogens with one attached hydrogen (secondary N) is 2. The Balaban J connectivity index is 1.65. The van der Waals surface area contributed by atoms with E-state index in [1.165, 1.54) is 17.4 Å². The number of sulfone groups is 1. The summed E-state index contributed by atoms with van der Waals surface area (Å²) in [5, 5.41) is 6.57. The second-order valence-electron chi connectivity index (χ2n) is 7.11. The lowest BCUT2D eigenvalue weighted by molar-refractivity contribution is 0.251. The molecule has 0 aliphatic carbocycles. The van der Waals surface area contributed by atoms with Crippen LogP contribution in [0.1, 0.15) is 30.9 Å². The highest BCUT2D eigenvalue weighted by Gasteiger charge is 2.15. The Kier molecular flexibility index (Phi) is 7.90. The molecule has 0 saturated carbocycles. The normalized spacial score (nSPS) is 16.8. The van der Waals surface area contributed by atoms with Crippen LogP contribution in [0.15, 0.2) is 29.3 Å². The van der Waals surface area contributed by atoms with Crippen molar-refractivity contribution in [2.75, 3.05) is 38.7 Å². The molecular weight excluding hydrogens is 348 g/mol. The van der Waals surface area contributed by atoms with E-state index >= 15 is 0 Å². The predicted octanol–water partition coefficient (Wildman–Crippen LogP) is 1.42. The van der Waals surface area contributed by atoms with Crippen LogP contribution in [-0.2, 0) is 22.8 Å². The molecule has 0 bridgehead atoms. The largest absolute Gasteiger partial charge is 0.356 e. The third kappa shape index (κ3) is 7.33. The Morgan fingerprint density at radius 3 is 2.73 bits per heavy atom. The highest BCUT2D eigenvalue weighted by Crippen LogP contribution is 2.18. The van der Waals surface area contributed by atoms with Gasteiger partial charge in [0.1, 0.15) is 9.84 Å². The van der Waals surface area contributed by atoms with E-state index in [0.29, 0.717) is 6.42 Å². The number of hydrogen-bond acceptors (Lipinski definition) is 4. The number of hydrogen-bond donors (Lipinski definition) is 2. The summed E-state index contributed by atoms with van der Waals surface area (Å²) < 4.78 is 22.5. The molecule has 0 saturated heterocycles. The lowest BCUT2D eigenvalue weighted by Crippen LogP contribution is -2.43. The van der Waals surface area contributed by atoms with Crippen molar-refractivity contribution in [3.05, 3.63) is 35.4 Å². The first-order valence-corrected chi connectivity index (χ1v) is 11.4. The smallest absolute Gasteiger partial charge is 0.191 e. The first-order chi connectivity index (χ1) is 12.4. The fourth-order valence-electron chi connectivity index (χ4n) is 3.15. The summed E-state index contributed by atoms with van der Waals surface area (Å²) in [5.41, 5.74) is 2.93. The summed E-state index contributed by atoms with van der Waals surface area (Å²) in [6.45, 7) is 6.03. The Morgan fingerprint density at radius 1 is 1.31 bits per heavy atom. The zero-order valence-corrected chi connectivity index (χ0v) is 17.0. The van der Waals surface area contributed by atoms with Crippen LogP contribution in [0, 0.1) is 0 Å². The second kappa shape index (κ2) is 9.92. The molecule has 7 heteroatoms. The molecule has 0 fully saturated rings. The summed E-state index contributed by atoms with van der Waals surface area (Å²) in [4.78, 5) is 6.71. The van der Waals surface area contributed by atoms with Gasteiger partial charge in [0.15, 0.2) is 5.96 Å². The topological polar surface area (TPSA) is 73.8 Å². The van der Waals surface area contributed by atoms with Gasteiger partial charge in [-0.15, -0.1) is 0 Å². The number of guanidine groups is 1. The van der Waals surface area contributed by atoms with Crippen molar-refractivity contribution < 1.29 is 8.42 Å². The van der Waals surface area contributed by atoms with Crippen LogP contribution in [0.25, 0.3) is 0 Å². The van der Waals surface area contributed by atoms with Gasteiger partial charge in [-0.1, -0.05) is 24.3 Å². The number of aliphatic imine (C=N–C) groups is 1. The van der Waals surface area contributed by atoms with Crippen LogP contribution in [0.4, 0.5) is 0 Å². The lowest BCUT2D eigenvalue weighted by Gasteiger charge is -2.28. The fraction of sp³-hybridized carbons (Fsp3) is 0.632.